The summed E-state index contributed by atoms with van der Waals surface area (Å²) in [6.45, 7) is 8.21. The summed E-state index contributed by atoms with van der Waals surface area (Å²) in [5, 5.41) is 0. The highest BCUT2D eigenvalue weighted by Crippen LogP contribution is 2.12. The lowest BCUT2D eigenvalue weighted by atomic mass is 10.0. The molecular formula is C20H28O4. The van der Waals surface area contributed by atoms with Gasteiger partial charge in [0, 0.05) is 24.5 Å². The van der Waals surface area contributed by atoms with Crippen LogP contribution >= 0.6 is 0 Å². The van der Waals surface area contributed by atoms with Gasteiger partial charge in [0.15, 0.2) is 0 Å². The molecule has 0 unspecified atom stereocenters. The average Bonchev–Trinajstić information content (AvgIpc) is 2.97. The van der Waals surface area contributed by atoms with E-state index in [0.29, 0.717) is 18.8 Å². The third-order valence-electron chi connectivity index (χ3n) is 3.47. The number of Topliss-reactive ketones (excluding diaryl/α,β-unsaturated/α-hetero) is 1. The molecule has 1 aromatic rings. The van der Waals surface area contributed by atoms with E-state index in [-0.39, 0.29) is 18.4 Å². The van der Waals surface area contributed by atoms with Crippen LogP contribution in [0.3, 0.4) is 0 Å². The van der Waals surface area contributed by atoms with E-state index in [1.165, 1.54) is 6.08 Å². The molecule has 132 valence electrons. The van der Waals surface area contributed by atoms with Gasteiger partial charge in [0.05, 0.1) is 12.5 Å². The largest absolute Gasteiger partial charge is 0.472 e. The van der Waals surface area contributed by atoms with Crippen molar-refractivity contribution in [3.8, 4) is 0 Å². The third kappa shape index (κ3) is 9.13. The Morgan fingerprint density at radius 1 is 1.25 bits per heavy atom. The minimum Gasteiger partial charge on any atom is -0.472 e. The van der Waals surface area contributed by atoms with Crippen molar-refractivity contribution in [2.24, 2.45) is 5.92 Å². The summed E-state index contributed by atoms with van der Waals surface area (Å²) in [6, 6.07) is 1.76. The number of hydrogen-bond acceptors (Lipinski definition) is 4. The molecule has 0 amide bonds. The maximum absolute atomic E-state index is 11.8. The lowest BCUT2D eigenvalue weighted by Crippen LogP contribution is -2.03. The molecule has 24 heavy (non-hydrogen) atoms. The molecule has 0 atom stereocenters. The van der Waals surface area contributed by atoms with Gasteiger partial charge in [-0.15, -0.1) is 0 Å². The van der Waals surface area contributed by atoms with Gasteiger partial charge < -0.3 is 9.15 Å². The minimum atomic E-state index is -0.346. The van der Waals surface area contributed by atoms with Crippen LogP contribution in [0.2, 0.25) is 0 Å². The van der Waals surface area contributed by atoms with Crippen LogP contribution in [0, 0.1) is 5.92 Å². The molecule has 4 nitrogen and oxygen atoms in total. The summed E-state index contributed by atoms with van der Waals surface area (Å²) in [5.41, 5.74) is 2.89. The molecule has 0 aromatic carbocycles. The summed E-state index contributed by atoms with van der Waals surface area (Å²) in [5.74, 6) is 0.346. The topological polar surface area (TPSA) is 56.5 Å². The number of hydrogen-bond donors (Lipinski definition) is 0. The van der Waals surface area contributed by atoms with Gasteiger partial charge >= 0.3 is 5.97 Å². The number of esters is 1. The number of furan rings is 1. The van der Waals surface area contributed by atoms with Gasteiger partial charge in [0.2, 0.25) is 0 Å². The molecule has 1 heterocycles. The molecule has 1 rings (SSSR count). The van der Waals surface area contributed by atoms with E-state index in [1.54, 1.807) is 18.6 Å². The predicted octanol–water partition coefficient (Wildman–Crippen LogP) is 5.00. The van der Waals surface area contributed by atoms with Gasteiger partial charge in [-0.05, 0) is 38.7 Å². The SMILES string of the molecule is CC(=CC(=O)OCc1ccoc1)CCC=C(C)CC(=O)CC(C)C. The van der Waals surface area contributed by atoms with E-state index in [0.717, 1.165) is 29.6 Å². The highest BCUT2D eigenvalue weighted by molar-refractivity contribution is 5.82. The first-order chi connectivity index (χ1) is 11.4. The zero-order valence-corrected chi connectivity index (χ0v) is 15.1. The van der Waals surface area contributed by atoms with Crippen molar-refractivity contribution in [2.75, 3.05) is 0 Å². The summed E-state index contributed by atoms with van der Waals surface area (Å²) in [4.78, 5) is 23.5. The van der Waals surface area contributed by atoms with Gasteiger partial charge in [-0.1, -0.05) is 31.1 Å². The van der Waals surface area contributed by atoms with Crippen LogP contribution in [-0.4, -0.2) is 11.8 Å². The molecule has 0 aliphatic rings. The minimum absolute atomic E-state index is 0.218. The highest BCUT2D eigenvalue weighted by Gasteiger charge is 2.06. The maximum atomic E-state index is 11.8. The summed E-state index contributed by atoms with van der Waals surface area (Å²) >= 11 is 0. The van der Waals surface area contributed by atoms with Gasteiger partial charge in [-0.25, -0.2) is 4.79 Å². The van der Waals surface area contributed by atoms with E-state index < -0.39 is 0 Å². The van der Waals surface area contributed by atoms with Gasteiger partial charge in [-0.2, -0.15) is 0 Å². The fraction of sp³-hybridized carbons (Fsp3) is 0.500. The van der Waals surface area contributed by atoms with Crippen LogP contribution in [0.1, 0.15) is 58.9 Å². The lowest BCUT2D eigenvalue weighted by molar-refractivity contribution is -0.139. The van der Waals surface area contributed by atoms with E-state index in [9.17, 15) is 9.59 Å². The van der Waals surface area contributed by atoms with E-state index in [2.05, 4.69) is 19.9 Å². The van der Waals surface area contributed by atoms with Crippen LogP contribution < -0.4 is 0 Å². The average molecular weight is 332 g/mol. The Balaban J connectivity index is 2.30. The number of allylic oxidation sites excluding steroid dienone is 3. The summed E-state index contributed by atoms with van der Waals surface area (Å²) in [7, 11) is 0. The van der Waals surface area contributed by atoms with Crippen molar-refractivity contribution in [3.63, 3.8) is 0 Å². The first kappa shape index (κ1) is 19.9. The van der Waals surface area contributed by atoms with Crippen molar-refractivity contribution >= 4 is 11.8 Å². The predicted molar refractivity (Wildman–Crippen MR) is 94.3 cm³/mol. The van der Waals surface area contributed by atoms with Gasteiger partial charge in [0.1, 0.15) is 12.4 Å². The zero-order valence-electron chi connectivity index (χ0n) is 15.1. The Morgan fingerprint density at radius 2 is 2.00 bits per heavy atom. The Morgan fingerprint density at radius 3 is 2.62 bits per heavy atom. The normalized spacial score (nSPS) is 12.5. The second-order valence-electron chi connectivity index (χ2n) is 6.63. The second kappa shape index (κ2) is 10.6. The monoisotopic (exact) mass is 332 g/mol. The standard InChI is InChI=1S/C20H28O4/c1-15(2)10-19(21)11-16(3)6-5-7-17(4)12-20(22)24-14-18-8-9-23-13-18/h6,8-9,12-13,15H,5,7,10-11,14H2,1-4H3. The maximum Gasteiger partial charge on any atom is 0.331 e. The molecule has 0 aliphatic carbocycles. The van der Waals surface area contributed by atoms with Crippen molar-refractivity contribution in [3.05, 3.63) is 47.5 Å². The fourth-order valence-electron chi connectivity index (χ4n) is 2.30. The molecule has 0 bridgehead atoms. The van der Waals surface area contributed by atoms with Crippen molar-refractivity contribution in [1.29, 1.82) is 0 Å². The zero-order chi connectivity index (χ0) is 17.9. The quantitative estimate of drug-likeness (QED) is 0.344. The lowest BCUT2D eigenvalue weighted by Gasteiger charge is -2.05. The fourth-order valence-corrected chi connectivity index (χ4v) is 2.30. The molecular weight excluding hydrogens is 304 g/mol. The first-order valence-corrected chi connectivity index (χ1v) is 8.39. The third-order valence-corrected chi connectivity index (χ3v) is 3.47. The number of ether oxygens (including phenoxy) is 1. The molecule has 0 spiro atoms. The van der Waals surface area contributed by atoms with E-state index >= 15 is 0 Å². The van der Waals surface area contributed by atoms with Crippen LogP contribution in [0.25, 0.3) is 0 Å². The van der Waals surface area contributed by atoms with Crippen LogP contribution in [-0.2, 0) is 20.9 Å². The molecule has 1 aromatic heterocycles. The molecule has 0 aliphatic heterocycles. The van der Waals surface area contributed by atoms with Crippen LogP contribution in [0.5, 0.6) is 0 Å². The number of carbonyl (C=O) groups is 2. The second-order valence-corrected chi connectivity index (χ2v) is 6.63. The van der Waals surface area contributed by atoms with Crippen LogP contribution in [0.4, 0.5) is 0 Å². The highest BCUT2D eigenvalue weighted by atomic mass is 16.5. The molecule has 4 heteroatoms. The smallest absolute Gasteiger partial charge is 0.331 e. The molecule has 0 fully saturated rings. The summed E-state index contributed by atoms with van der Waals surface area (Å²) in [6.07, 6.45) is 9.44. The molecule has 0 N–H and O–H groups in total. The Hall–Kier alpha value is -2.10. The first-order valence-electron chi connectivity index (χ1n) is 8.39. The van der Waals surface area contributed by atoms with Crippen molar-refractivity contribution < 1.29 is 18.7 Å². The Kier molecular flexibility index (Phi) is 8.84. The number of rotatable bonds is 10. The molecule has 0 radical (unpaired) electrons. The molecule has 0 saturated carbocycles. The van der Waals surface area contributed by atoms with Crippen LogP contribution in [0.15, 0.2) is 46.3 Å². The Labute approximate surface area is 144 Å². The van der Waals surface area contributed by atoms with Crippen molar-refractivity contribution in [2.45, 2.75) is 60.0 Å². The van der Waals surface area contributed by atoms with Gasteiger partial charge in [0.25, 0.3) is 0 Å². The Bertz CT molecular complexity index is 577. The van der Waals surface area contributed by atoms with Crippen molar-refractivity contribution in [1.82, 2.24) is 0 Å². The van der Waals surface area contributed by atoms with Gasteiger partial charge in [-0.3, -0.25) is 4.79 Å². The molecule has 0 saturated heterocycles. The van der Waals surface area contributed by atoms with E-state index in [4.69, 9.17) is 9.15 Å². The van der Waals surface area contributed by atoms with E-state index in [1.807, 2.05) is 13.8 Å². The summed E-state index contributed by atoms with van der Waals surface area (Å²) < 4.78 is 10.1. The number of carbonyl (C=O) groups excluding carboxylic acids is 2. The number of ketones is 1.